The lowest BCUT2D eigenvalue weighted by Gasteiger charge is -2.31. The third kappa shape index (κ3) is 3.53. The number of benzene rings is 1. The van der Waals surface area contributed by atoms with Gasteiger partial charge in [-0.2, -0.15) is 0 Å². The van der Waals surface area contributed by atoms with E-state index >= 15 is 0 Å². The Morgan fingerprint density at radius 2 is 1.88 bits per heavy atom. The number of nitrogens with one attached hydrogen (secondary N) is 1. The van der Waals surface area contributed by atoms with E-state index in [0.29, 0.717) is 42.7 Å². The van der Waals surface area contributed by atoms with Crippen molar-refractivity contribution < 1.29 is 14.3 Å². The maximum atomic E-state index is 12.3. The Labute approximate surface area is 196 Å². The minimum atomic E-state index is 0.0748. The third-order valence-electron chi connectivity index (χ3n) is 6.64. The predicted molar refractivity (Wildman–Crippen MR) is 127 cm³/mol. The van der Waals surface area contributed by atoms with Gasteiger partial charge in [-0.15, -0.1) is 0 Å². The molecule has 1 aromatic carbocycles. The first-order valence-corrected chi connectivity index (χ1v) is 11.5. The fourth-order valence-electron chi connectivity index (χ4n) is 4.92. The first-order chi connectivity index (χ1) is 16.6. The van der Waals surface area contributed by atoms with Gasteiger partial charge in [0, 0.05) is 43.0 Å². The van der Waals surface area contributed by atoms with Gasteiger partial charge in [-0.3, -0.25) is 9.59 Å². The van der Waals surface area contributed by atoms with Crippen LogP contribution >= 0.6 is 0 Å². The average Bonchev–Trinajstić information content (AvgIpc) is 3.45. The molecule has 0 aliphatic carbocycles. The summed E-state index contributed by atoms with van der Waals surface area (Å²) in [4.78, 5) is 41.3. The van der Waals surface area contributed by atoms with Gasteiger partial charge in [-0.1, -0.05) is 6.07 Å². The molecule has 6 rings (SSSR count). The molecule has 0 spiro atoms. The van der Waals surface area contributed by atoms with E-state index < -0.39 is 0 Å². The van der Waals surface area contributed by atoms with Crippen LogP contribution in [0.25, 0.3) is 11.1 Å². The molecule has 2 fully saturated rings. The van der Waals surface area contributed by atoms with E-state index in [0.717, 1.165) is 41.8 Å². The van der Waals surface area contributed by atoms with Gasteiger partial charge in [0.15, 0.2) is 0 Å². The molecule has 9 nitrogen and oxygen atoms in total. The number of carbonyl (C=O) groups excluding carboxylic acids is 2. The summed E-state index contributed by atoms with van der Waals surface area (Å²) in [5.74, 6) is 1.19. The van der Waals surface area contributed by atoms with Crippen molar-refractivity contribution in [2.75, 3.05) is 28.3 Å². The molecule has 3 aromatic rings. The van der Waals surface area contributed by atoms with Crippen molar-refractivity contribution in [3.63, 3.8) is 0 Å². The Bertz CT molecular complexity index is 1290. The van der Waals surface area contributed by atoms with Crippen molar-refractivity contribution in [1.82, 2.24) is 15.0 Å². The van der Waals surface area contributed by atoms with Crippen LogP contribution in [0.1, 0.15) is 31.2 Å². The van der Waals surface area contributed by atoms with Gasteiger partial charge in [0.25, 0.3) is 0 Å². The number of hydrogen-bond acceptors (Lipinski definition) is 7. The summed E-state index contributed by atoms with van der Waals surface area (Å²) < 4.78 is 5.73. The van der Waals surface area contributed by atoms with E-state index in [4.69, 9.17) is 4.74 Å². The lowest BCUT2D eigenvalue weighted by Crippen LogP contribution is -2.40. The average molecular weight is 457 g/mol. The monoisotopic (exact) mass is 456 g/mol. The number of nitrogens with zero attached hydrogens (tertiary/aromatic N) is 5. The van der Waals surface area contributed by atoms with Gasteiger partial charge in [0.1, 0.15) is 12.3 Å². The standard InChI is InChI=1S/C25H24N6O3/c1-15-9-18(30-8-2-3-22(30)32)4-6-20(15)16-11-27-25(28-12-16)29-17-10-21-24(26-13-17)34-14-19-5-7-23(33)31(19)21/h4,6,9-13,19H,2-3,5,7-8,14H2,1H3,(H,27,28,29)/t19-/m0/s1. The number of rotatable bonds is 4. The number of aryl methyl sites for hydroxylation is 1. The fraction of sp³-hybridized carbons (Fsp3) is 0.320. The van der Waals surface area contributed by atoms with Gasteiger partial charge in [0.05, 0.1) is 17.9 Å². The first kappa shape index (κ1) is 20.6. The molecule has 2 amide bonds. The molecule has 9 heteroatoms. The summed E-state index contributed by atoms with van der Waals surface area (Å²) in [6, 6.07) is 7.96. The molecule has 3 aliphatic heterocycles. The van der Waals surface area contributed by atoms with Gasteiger partial charge < -0.3 is 19.9 Å². The summed E-state index contributed by atoms with van der Waals surface area (Å²) in [6.07, 6.45) is 8.05. The molecule has 5 heterocycles. The van der Waals surface area contributed by atoms with Crippen LogP contribution in [-0.2, 0) is 9.59 Å². The number of hydrogen-bond donors (Lipinski definition) is 1. The Hall–Kier alpha value is -4.01. The van der Waals surface area contributed by atoms with Crippen molar-refractivity contribution >= 4 is 34.8 Å². The van der Waals surface area contributed by atoms with Crippen LogP contribution in [-0.4, -0.2) is 46.0 Å². The highest BCUT2D eigenvalue weighted by atomic mass is 16.5. The SMILES string of the molecule is Cc1cc(N2CCCC2=O)ccc1-c1cnc(Nc2cnc3c(c2)N2C(=O)CC[C@H]2CO3)nc1. The Morgan fingerprint density at radius 1 is 1.03 bits per heavy atom. The molecule has 0 unspecified atom stereocenters. The number of fused-ring (bicyclic) bond motifs is 3. The van der Waals surface area contributed by atoms with Crippen LogP contribution in [0.5, 0.6) is 5.88 Å². The zero-order valence-electron chi connectivity index (χ0n) is 18.8. The highest BCUT2D eigenvalue weighted by Gasteiger charge is 2.38. The molecule has 3 aliphatic rings. The van der Waals surface area contributed by atoms with Crippen LogP contribution < -0.4 is 19.9 Å². The summed E-state index contributed by atoms with van der Waals surface area (Å²) >= 11 is 0. The number of carbonyl (C=O) groups is 2. The summed E-state index contributed by atoms with van der Waals surface area (Å²) in [7, 11) is 0. The maximum absolute atomic E-state index is 12.3. The van der Waals surface area contributed by atoms with Crippen LogP contribution in [0.2, 0.25) is 0 Å². The Morgan fingerprint density at radius 3 is 2.65 bits per heavy atom. The topological polar surface area (TPSA) is 101 Å². The summed E-state index contributed by atoms with van der Waals surface area (Å²) in [5, 5.41) is 3.17. The minimum absolute atomic E-state index is 0.0748. The van der Waals surface area contributed by atoms with Crippen molar-refractivity contribution in [1.29, 1.82) is 0 Å². The second-order valence-electron chi connectivity index (χ2n) is 8.88. The highest BCUT2D eigenvalue weighted by Crippen LogP contribution is 2.39. The zero-order valence-corrected chi connectivity index (χ0v) is 18.8. The lowest BCUT2D eigenvalue weighted by atomic mass is 10.0. The van der Waals surface area contributed by atoms with E-state index in [2.05, 4.69) is 20.3 Å². The Balaban J connectivity index is 1.21. The minimum Gasteiger partial charge on any atom is -0.474 e. The number of pyridine rings is 1. The van der Waals surface area contributed by atoms with Gasteiger partial charge in [-0.25, -0.2) is 15.0 Å². The van der Waals surface area contributed by atoms with Gasteiger partial charge >= 0.3 is 0 Å². The van der Waals surface area contributed by atoms with Crippen molar-refractivity contribution in [3.8, 4) is 17.0 Å². The number of anilines is 4. The maximum Gasteiger partial charge on any atom is 0.238 e. The Kier molecular flexibility index (Phi) is 4.90. The number of amides is 2. The molecule has 0 radical (unpaired) electrons. The number of ether oxygens (including phenoxy) is 1. The van der Waals surface area contributed by atoms with E-state index in [-0.39, 0.29) is 17.9 Å². The molecule has 172 valence electrons. The second kappa shape index (κ2) is 8.09. The number of aromatic nitrogens is 3. The molecule has 2 saturated heterocycles. The summed E-state index contributed by atoms with van der Waals surface area (Å²) in [5.41, 5.74) is 5.28. The van der Waals surface area contributed by atoms with Crippen molar-refractivity contribution in [2.24, 2.45) is 0 Å². The van der Waals surface area contributed by atoms with E-state index in [1.54, 1.807) is 23.5 Å². The zero-order chi connectivity index (χ0) is 23.2. The first-order valence-electron chi connectivity index (χ1n) is 11.5. The molecule has 34 heavy (non-hydrogen) atoms. The molecular weight excluding hydrogens is 432 g/mol. The quantitative estimate of drug-likeness (QED) is 0.640. The van der Waals surface area contributed by atoms with E-state index in [1.165, 1.54) is 0 Å². The molecule has 1 N–H and O–H groups in total. The molecule has 1 atom stereocenters. The van der Waals surface area contributed by atoms with Gasteiger partial charge in [0.2, 0.25) is 23.6 Å². The largest absolute Gasteiger partial charge is 0.474 e. The highest BCUT2D eigenvalue weighted by molar-refractivity contribution is 5.98. The van der Waals surface area contributed by atoms with E-state index in [9.17, 15) is 9.59 Å². The fourth-order valence-corrected chi connectivity index (χ4v) is 4.92. The summed E-state index contributed by atoms with van der Waals surface area (Å²) in [6.45, 7) is 3.29. The van der Waals surface area contributed by atoms with Crippen molar-refractivity contribution in [2.45, 2.75) is 38.6 Å². The van der Waals surface area contributed by atoms with Crippen LogP contribution in [0.4, 0.5) is 23.0 Å². The molecule has 2 aromatic heterocycles. The third-order valence-corrected chi connectivity index (χ3v) is 6.64. The lowest BCUT2D eigenvalue weighted by molar-refractivity contribution is -0.118. The van der Waals surface area contributed by atoms with Crippen LogP contribution in [0.3, 0.4) is 0 Å². The van der Waals surface area contributed by atoms with Crippen LogP contribution in [0.15, 0.2) is 42.9 Å². The molecule has 0 bridgehead atoms. The predicted octanol–water partition coefficient (Wildman–Crippen LogP) is 3.61. The second-order valence-corrected chi connectivity index (χ2v) is 8.88. The van der Waals surface area contributed by atoms with Gasteiger partial charge in [-0.05, 0) is 49.1 Å². The van der Waals surface area contributed by atoms with Crippen molar-refractivity contribution in [3.05, 3.63) is 48.4 Å². The smallest absolute Gasteiger partial charge is 0.238 e. The molecular formula is C25H24N6O3. The molecule has 0 saturated carbocycles. The van der Waals surface area contributed by atoms with Crippen LogP contribution in [0, 0.1) is 6.92 Å². The normalized spacial score (nSPS) is 19.1. The van der Waals surface area contributed by atoms with E-state index in [1.807, 2.05) is 36.1 Å².